The Morgan fingerprint density at radius 3 is 2.28 bits per heavy atom. The zero-order valence-electron chi connectivity index (χ0n) is 11.9. The van der Waals surface area contributed by atoms with Crippen LogP contribution in [0.15, 0.2) is 48.1 Å². The lowest BCUT2D eigenvalue weighted by Gasteiger charge is -2.34. The highest BCUT2D eigenvalue weighted by Gasteiger charge is 2.28. The van der Waals surface area contributed by atoms with Gasteiger partial charge in [-0.3, -0.25) is 0 Å². The van der Waals surface area contributed by atoms with E-state index in [9.17, 15) is 0 Å². The molecule has 0 aromatic carbocycles. The van der Waals surface area contributed by atoms with Gasteiger partial charge in [0.25, 0.3) is 0 Å². The van der Waals surface area contributed by atoms with Gasteiger partial charge >= 0.3 is 0 Å². The molecule has 0 heteroatoms. The lowest BCUT2D eigenvalue weighted by Crippen LogP contribution is -2.21. The normalized spacial score (nSPS) is 33.2. The van der Waals surface area contributed by atoms with Crippen molar-refractivity contribution in [2.45, 2.75) is 52.4 Å². The predicted octanol–water partition coefficient (Wildman–Crippen LogP) is 5.59. The van der Waals surface area contributed by atoms with Gasteiger partial charge < -0.3 is 0 Å². The molecule has 0 radical (unpaired) electrons. The van der Waals surface area contributed by atoms with Crippen LogP contribution < -0.4 is 0 Å². The van der Waals surface area contributed by atoms with Gasteiger partial charge in [0, 0.05) is 0 Å². The van der Waals surface area contributed by atoms with E-state index in [0.29, 0.717) is 5.41 Å². The molecule has 1 saturated carbocycles. The Labute approximate surface area is 112 Å². The van der Waals surface area contributed by atoms with Gasteiger partial charge in [-0.2, -0.15) is 0 Å². The van der Waals surface area contributed by atoms with Crippen LogP contribution in [-0.4, -0.2) is 0 Å². The average molecular weight is 242 g/mol. The second-order valence-corrected chi connectivity index (χ2v) is 6.20. The molecule has 0 bridgehead atoms. The topological polar surface area (TPSA) is 0 Å². The first-order chi connectivity index (χ1) is 8.71. The predicted molar refractivity (Wildman–Crippen MR) is 80.5 cm³/mol. The van der Waals surface area contributed by atoms with E-state index >= 15 is 0 Å². The molecule has 0 saturated heterocycles. The zero-order chi connectivity index (χ0) is 12.8. The molecule has 0 atom stereocenters. The first-order valence-corrected chi connectivity index (χ1v) is 7.43. The summed E-state index contributed by atoms with van der Waals surface area (Å²) in [5.41, 5.74) is 1.89. The van der Waals surface area contributed by atoms with Crippen molar-refractivity contribution in [3.8, 4) is 0 Å². The summed E-state index contributed by atoms with van der Waals surface area (Å²) in [4.78, 5) is 0. The Morgan fingerprint density at radius 1 is 0.944 bits per heavy atom. The minimum Gasteiger partial charge on any atom is -0.0625 e. The van der Waals surface area contributed by atoms with Gasteiger partial charge in [0.1, 0.15) is 0 Å². The summed E-state index contributed by atoms with van der Waals surface area (Å²) < 4.78 is 0. The maximum atomic E-state index is 2.46. The van der Waals surface area contributed by atoms with Gasteiger partial charge in [0.05, 0.1) is 0 Å². The molecule has 0 amide bonds. The van der Waals surface area contributed by atoms with Crippen LogP contribution in [0.2, 0.25) is 0 Å². The van der Waals surface area contributed by atoms with Crippen molar-refractivity contribution in [3.63, 3.8) is 0 Å². The van der Waals surface area contributed by atoms with Crippen LogP contribution in [0.4, 0.5) is 0 Å². The van der Waals surface area contributed by atoms with Crippen molar-refractivity contribution in [2.24, 2.45) is 11.3 Å². The molecule has 2 aliphatic carbocycles. The van der Waals surface area contributed by atoms with E-state index in [0.717, 1.165) is 5.92 Å². The number of rotatable bonds is 1. The third-order valence-electron chi connectivity index (χ3n) is 4.54. The summed E-state index contributed by atoms with van der Waals surface area (Å²) >= 11 is 0. The molecule has 2 aliphatic rings. The molecular weight excluding hydrogens is 216 g/mol. The highest BCUT2D eigenvalue weighted by atomic mass is 14.3. The zero-order valence-corrected chi connectivity index (χ0v) is 11.9. The Bertz CT molecular complexity index is 369. The SMILES string of the molecule is CC1CCCC(C)(C2=CC=CC=CC=C2)CCC1. The molecule has 1 fully saturated rings. The first kappa shape index (κ1) is 13.4. The second-order valence-electron chi connectivity index (χ2n) is 6.20. The second kappa shape index (κ2) is 6.22. The fourth-order valence-electron chi connectivity index (χ4n) is 3.21. The monoisotopic (exact) mass is 242 g/mol. The van der Waals surface area contributed by atoms with E-state index in [4.69, 9.17) is 0 Å². The van der Waals surface area contributed by atoms with Gasteiger partial charge in [0.15, 0.2) is 0 Å². The van der Waals surface area contributed by atoms with Crippen molar-refractivity contribution in [3.05, 3.63) is 48.1 Å². The molecule has 0 aromatic heterocycles. The molecule has 18 heavy (non-hydrogen) atoms. The maximum Gasteiger partial charge on any atom is -0.00752 e. The van der Waals surface area contributed by atoms with Crippen LogP contribution in [0.1, 0.15) is 52.4 Å². The van der Waals surface area contributed by atoms with Gasteiger partial charge in [-0.1, -0.05) is 82.1 Å². The lowest BCUT2D eigenvalue weighted by molar-refractivity contribution is 0.267. The number of hydrogen-bond acceptors (Lipinski definition) is 0. The summed E-state index contributed by atoms with van der Waals surface area (Å²) in [6.07, 6.45) is 23.6. The Hall–Kier alpha value is -1.04. The molecule has 0 unspecified atom stereocenters. The molecule has 0 aromatic rings. The minimum atomic E-state index is 0.381. The van der Waals surface area contributed by atoms with Crippen LogP contribution in [0, 0.1) is 11.3 Å². The number of allylic oxidation sites excluding steroid dienone is 8. The molecule has 2 rings (SSSR count). The van der Waals surface area contributed by atoms with E-state index in [1.807, 2.05) is 0 Å². The maximum absolute atomic E-state index is 2.46. The van der Waals surface area contributed by atoms with Crippen molar-refractivity contribution in [1.82, 2.24) is 0 Å². The molecular formula is C18H26. The third kappa shape index (κ3) is 3.48. The van der Waals surface area contributed by atoms with Crippen molar-refractivity contribution in [1.29, 1.82) is 0 Å². The average Bonchev–Trinajstić information content (AvgIpc) is 2.25. The van der Waals surface area contributed by atoms with Crippen molar-refractivity contribution in [2.75, 3.05) is 0 Å². The van der Waals surface area contributed by atoms with Crippen LogP contribution in [-0.2, 0) is 0 Å². The van der Waals surface area contributed by atoms with Gasteiger partial charge in [-0.15, -0.1) is 0 Å². The van der Waals surface area contributed by atoms with E-state index in [1.54, 1.807) is 0 Å². The smallest absolute Gasteiger partial charge is 0.00752 e. The van der Waals surface area contributed by atoms with Crippen LogP contribution in [0.5, 0.6) is 0 Å². The molecule has 0 N–H and O–H groups in total. The van der Waals surface area contributed by atoms with Crippen LogP contribution in [0.3, 0.4) is 0 Å². The summed E-state index contributed by atoms with van der Waals surface area (Å²) in [6, 6.07) is 0. The Morgan fingerprint density at radius 2 is 1.56 bits per heavy atom. The minimum absolute atomic E-state index is 0.381. The Balaban J connectivity index is 2.13. The summed E-state index contributed by atoms with van der Waals surface area (Å²) in [7, 11) is 0. The first-order valence-electron chi connectivity index (χ1n) is 7.43. The highest BCUT2D eigenvalue weighted by molar-refractivity contribution is 5.35. The molecule has 0 heterocycles. The van der Waals surface area contributed by atoms with Crippen LogP contribution in [0.25, 0.3) is 0 Å². The molecule has 98 valence electrons. The lowest BCUT2D eigenvalue weighted by atomic mass is 9.71. The molecule has 0 aliphatic heterocycles. The quantitative estimate of drug-likeness (QED) is 0.562. The Kier molecular flexibility index (Phi) is 4.63. The fourth-order valence-corrected chi connectivity index (χ4v) is 3.21. The van der Waals surface area contributed by atoms with Gasteiger partial charge in [-0.25, -0.2) is 0 Å². The van der Waals surface area contributed by atoms with Crippen molar-refractivity contribution < 1.29 is 0 Å². The van der Waals surface area contributed by atoms with E-state index < -0.39 is 0 Å². The van der Waals surface area contributed by atoms with Gasteiger partial charge in [0.2, 0.25) is 0 Å². The van der Waals surface area contributed by atoms with Crippen molar-refractivity contribution >= 4 is 0 Å². The number of hydrogen-bond donors (Lipinski definition) is 0. The highest BCUT2D eigenvalue weighted by Crippen LogP contribution is 2.41. The summed E-state index contributed by atoms with van der Waals surface area (Å²) in [5, 5.41) is 0. The molecule has 0 nitrogen and oxygen atoms in total. The van der Waals surface area contributed by atoms with E-state index in [1.165, 1.54) is 44.1 Å². The third-order valence-corrected chi connectivity index (χ3v) is 4.54. The summed E-state index contributed by atoms with van der Waals surface area (Å²) in [6.45, 7) is 4.86. The molecule has 0 spiro atoms. The van der Waals surface area contributed by atoms with E-state index in [2.05, 4.69) is 56.4 Å². The van der Waals surface area contributed by atoms with Gasteiger partial charge in [-0.05, 0) is 29.7 Å². The fraction of sp³-hybridized carbons (Fsp3) is 0.556. The standard InChI is InChI=1S/C18H26/c1-16-10-8-14-18(2,15-9-11-16)17-12-6-4-3-5-7-13-17/h3-7,12-13,16H,8-11,14-15H2,1-2H3. The summed E-state index contributed by atoms with van der Waals surface area (Å²) in [5.74, 6) is 0.930. The van der Waals surface area contributed by atoms with E-state index in [-0.39, 0.29) is 0 Å². The van der Waals surface area contributed by atoms with Crippen LogP contribution >= 0.6 is 0 Å². The largest absolute Gasteiger partial charge is 0.0625 e.